The number of fused-ring (bicyclic) bond motifs is 4. The van der Waals surface area contributed by atoms with Crippen LogP contribution >= 0.6 is 0 Å². The summed E-state index contributed by atoms with van der Waals surface area (Å²) in [6.45, 7) is 8.46. The van der Waals surface area contributed by atoms with Crippen molar-refractivity contribution in [3.8, 4) is 22.4 Å². The number of alkyl carbamates (subject to hydrolysis) is 2. The van der Waals surface area contributed by atoms with Gasteiger partial charge in [0.25, 0.3) is 5.92 Å². The second-order valence-electron chi connectivity index (χ2n) is 17.0. The monoisotopic (exact) mass is 838 g/mol. The van der Waals surface area contributed by atoms with Gasteiger partial charge in [0.05, 0.1) is 49.2 Å². The van der Waals surface area contributed by atoms with Crippen molar-refractivity contribution in [2.24, 2.45) is 11.8 Å². The number of amides is 4. The number of methoxy groups -OCH3 is 2. The molecule has 2 saturated heterocycles. The van der Waals surface area contributed by atoms with Crippen LogP contribution in [0, 0.1) is 11.8 Å². The number of hydrogen-bond acceptors (Lipinski definition) is 8. The first-order chi connectivity index (χ1) is 29.2. The van der Waals surface area contributed by atoms with Crippen LogP contribution in [-0.2, 0) is 31.4 Å². The molecule has 322 valence electrons. The molecule has 4 atom stereocenters. The van der Waals surface area contributed by atoms with Crippen molar-refractivity contribution in [1.82, 2.24) is 40.4 Å². The quantitative estimate of drug-likeness (QED) is 0.110. The maximum absolute atomic E-state index is 16.0. The van der Waals surface area contributed by atoms with Crippen molar-refractivity contribution in [2.75, 3.05) is 27.3 Å². The molecule has 2 fully saturated rings. The van der Waals surface area contributed by atoms with Crippen LogP contribution in [-0.4, -0.2) is 93.1 Å². The number of carbonyl (C=O) groups excluding carboxylic acids is 4. The summed E-state index contributed by atoms with van der Waals surface area (Å²) in [6.07, 6.45) is 2.97. The minimum absolute atomic E-state index is 0.0219. The third-order valence-corrected chi connectivity index (χ3v) is 12.5. The number of rotatable bonds is 10. The molecule has 0 saturated carbocycles. The second kappa shape index (κ2) is 16.4. The summed E-state index contributed by atoms with van der Waals surface area (Å²) in [5.41, 5.74) is 4.47. The van der Waals surface area contributed by atoms with Gasteiger partial charge in [0.1, 0.15) is 23.7 Å². The maximum Gasteiger partial charge on any atom is 0.407 e. The highest BCUT2D eigenvalue weighted by Crippen LogP contribution is 2.50. The molecule has 4 heterocycles. The summed E-state index contributed by atoms with van der Waals surface area (Å²) in [5, 5.41) is 7.12. The molecule has 3 aliphatic rings. The second-order valence-corrected chi connectivity index (χ2v) is 17.0. The topological polar surface area (TPSA) is 175 Å². The summed E-state index contributed by atoms with van der Waals surface area (Å²) in [5.74, 6) is -2.69. The van der Waals surface area contributed by atoms with E-state index < -0.39 is 36.2 Å². The Labute approximate surface area is 352 Å². The van der Waals surface area contributed by atoms with E-state index in [0.29, 0.717) is 48.0 Å². The van der Waals surface area contributed by atoms with Crippen LogP contribution in [0.1, 0.15) is 94.7 Å². The number of ether oxygens (including phenoxy) is 2. The van der Waals surface area contributed by atoms with Gasteiger partial charge in [-0.25, -0.2) is 28.3 Å². The predicted octanol–water partition coefficient (Wildman–Crippen LogP) is 7.90. The molecule has 8 rings (SSSR count). The Kier molecular flexibility index (Phi) is 11.2. The molecule has 1 aliphatic carbocycles. The smallest absolute Gasteiger partial charge is 0.407 e. The van der Waals surface area contributed by atoms with Crippen molar-refractivity contribution in [1.29, 1.82) is 0 Å². The van der Waals surface area contributed by atoms with E-state index in [1.807, 2.05) is 64.1 Å². The Morgan fingerprint density at radius 3 is 2.02 bits per heavy atom. The van der Waals surface area contributed by atoms with Crippen LogP contribution in [0.15, 0.2) is 48.7 Å². The van der Waals surface area contributed by atoms with Crippen molar-refractivity contribution in [3.63, 3.8) is 0 Å². The largest absolute Gasteiger partial charge is 0.453 e. The molecule has 4 N–H and O–H groups in total. The number of aromatic amines is 2. The van der Waals surface area contributed by atoms with Crippen LogP contribution in [0.3, 0.4) is 0 Å². The number of alkyl halides is 2. The van der Waals surface area contributed by atoms with E-state index in [-0.39, 0.29) is 48.1 Å². The SMILES string of the molecule is COC(=O)N[C@H](C(=O)N1CCC[C@H]1c1nc2c(ccc3cc(-c4ccc(-c5cnc([C@@H]6CCCN6C(=O)[C@H](NC(=O)OC)C(C)C)[nH]5)c5c4CCC5(F)F)ccc32)[nH]1)C(C)C. The Hall–Kier alpha value is -6.06. The lowest BCUT2D eigenvalue weighted by Gasteiger charge is -2.30. The first kappa shape index (κ1) is 41.7. The number of nitrogens with zero attached hydrogens (tertiary/aromatic N) is 4. The summed E-state index contributed by atoms with van der Waals surface area (Å²) < 4.78 is 41.4. The molecule has 3 aromatic carbocycles. The fourth-order valence-electron chi connectivity index (χ4n) is 9.40. The number of H-pyrrole nitrogens is 2. The van der Waals surface area contributed by atoms with Crippen molar-refractivity contribution < 1.29 is 37.4 Å². The first-order valence-electron chi connectivity index (χ1n) is 21.0. The third-order valence-electron chi connectivity index (χ3n) is 12.5. The zero-order chi connectivity index (χ0) is 43.3. The van der Waals surface area contributed by atoms with Crippen LogP contribution in [0.5, 0.6) is 0 Å². The van der Waals surface area contributed by atoms with E-state index in [1.54, 1.807) is 22.1 Å². The molecular formula is C45H52F2N8O6. The zero-order valence-corrected chi connectivity index (χ0v) is 35.2. The van der Waals surface area contributed by atoms with Crippen molar-refractivity contribution in [2.45, 2.75) is 96.3 Å². The summed E-state index contributed by atoms with van der Waals surface area (Å²) >= 11 is 0. The average molecular weight is 839 g/mol. The van der Waals surface area contributed by atoms with Gasteiger partial charge in [-0.2, -0.15) is 0 Å². The third kappa shape index (κ3) is 7.65. The summed E-state index contributed by atoms with van der Waals surface area (Å²) in [4.78, 5) is 71.4. The molecule has 5 aromatic rings. The molecule has 0 bridgehead atoms. The van der Waals surface area contributed by atoms with Gasteiger partial charge in [-0.3, -0.25) is 9.59 Å². The number of halogens is 2. The maximum atomic E-state index is 16.0. The van der Waals surface area contributed by atoms with Gasteiger partial charge in [0.15, 0.2) is 0 Å². The Morgan fingerprint density at radius 1 is 0.803 bits per heavy atom. The van der Waals surface area contributed by atoms with E-state index in [4.69, 9.17) is 14.5 Å². The van der Waals surface area contributed by atoms with Crippen LogP contribution in [0.4, 0.5) is 18.4 Å². The van der Waals surface area contributed by atoms with Crippen LogP contribution in [0.25, 0.3) is 44.2 Å². The molecular weight excluding hydrogens is 787 g/mol. The summed E-state index contributed by atoms with van der Waals surface area (Å²) in [6, 6.07) is 11.2. The van der Waals surface area contributed by atoms with Gasteiger partial charge >= 0.3 is 12.2 Å². The minimum Gasteiger partial charge on any atom is -0.453 e. The number of aromatic nitrogens is 4. The molecule has 16 heteroatoms. The highest BCUT2D eigenvalue weighted by atomic mass is 19.3. The molecule has 4 amide bonds. The predicted molar refractivity (Wildman–Crippen MR) is 225 cm³/mol. The average Bonchev–Trinajstić information content (AvgIpc) is 4.10. The minimum atomic E-state index is -3.07. The van der Waals surface area contributed by atoms with E-state index in [9.17, 15) is 19.2 Å². The normalized spacial score (nSPS) is 19.4. The van der Waals surface area contributed by atoms with E-state index in [2.05, 4.69) is 25.6 Å². The first-order valence-corrected chi connectivity index (χ1v) is 21.0. The van der Waals surface area contributed by atoms with E-state index >= 15 is 8.78 Å². The van der Waals surface area contributed by atoms with Gasteiger partial charge in [-0.05, 0) is 78.1 Å². The van der Waals surface area contributed by atoms with Gasteiger partial charge in [-0.15, -0.1) is 0 Å². The van der Waals surface area contributed by atoms with Gasteiger partial charge in [0.2, 0.25) is 11.8 Å². The molecule has 61 heavy (non-hydrogen) atoms. The van der Waals surface area contributed by atoms with Gasteiger partial charge in [-0.1, -0.05) is 58.0 Å². The molecule has 2 aromatic heterocycles. The molecule has 0 spiro atoms. The fraction of sp³-hybridized carbons (Fsp3) is 0.467. The number of hydrogen-bond donors (Lipinski definition) is 4. The molecule has 0 unspecified atom stereocenters. The lowest BCUT2D eigenvalue weighted by Crippen LogP contribution is -2.51. The number of benzene rings is 3. The van der Waals surface area contributed by atoms with Gasteiger partial charge in [0, 0.05) is 36.0 Å². The lowest BCUT2D eigenvalue weighted by molar-refractivity contribution is -0.136. The van der Waals surface area contributed by atoms with Gasteiger partial charge < -0.3 is 39.9 Å². The Balaban J connectivity index is 1.08. The number of carbonyl (C=O) groups is 4. The fourth-order valence-corrected chi connectivity index (χ4v) is 9.40. The standard InChI is InChI=1S/C45H52F2N8O6/c1-23(2)36(52-43(58)60-5)41(56)54-19-7-9-33(54)39-48-22-32(50-39)30-15-14-27(29-17-18-45(46,47)35(29)30)25-11-13-28-26(21-25)12-16-31-38(28)51-40(49-31)34-10-8-20-55(34)42(57)37(24(3)4)53-44(59)61-6/h11-16,21-24,33-34,36-37H,7-10,17-20H2,1-6H3,(H,48,50)(H,49,51)(H,52,58)(H,53,59)/t33-,34-,36+,37-/m0/s1. The van der Waals surface area contributed by atoms with E-state index in [1.165, 1.54) is 14.2 Å². The number of likely N-dealkylation sites (tertiary alicyclic amines) is 2. The lowest BCUT2D eigenvalue weighted by atomic mass is 9.91. The Bertz CT molecular complexity index is 2510. The zero-order valence-electron chi connectivity index (χ0n) is 35.2. The number of imidazole rings is 2. The molecule has 14 nitrogen and oxygen atoms in total. The highest BCUT2D eigenvalue weighted by molar-refractivity contribution is 6.05. The highest BCUT2D eigenvalue weighted by Gasteiger charge is 2.44. The van der Waals surface area contributed by atoms with Crippen LogP contribution < -0.4 is 10.6 Å². The van der Waals surface area contributed by atoms with Crippen LogP contribution in [0.2, 0.25) is 0 Å². The van der Waals surface area contributed by atoms with Crippen molar-refractivity contribution >= 4 is 45.8 Å². The van der Waals surface area contributed by atoms with Crippen molar-refractivity contribution in [3.05, 3.63) is 71.4 Å². The van der Waals surface area contributed by atoms with E-state index in [0.717, 1.165) is 52.2 Å². The number of nitrogens with one attached hydrogen (secondary N) is 4. The Morgan fingerprint density at radius 2 is 1.41 bits per heavy atom. The molecule has 0 radical (unpaired) electrons. The summed E-state index contributed by atoms with van der Waals surface area (Å²) in [7, 11) is 2.52. The molecule has 2 aliphatic heterocycles.